The molecule has 14 N–H and O–H groups in total. The van der Waals surface area contributed by atoms with E-state index in [9.17, 15) is 71.2 Å². The second-order valence-electron chi connectivity index (χ2n) is 11.9. The van der Waals surface area contributed by atoms with Crippen LogP contribution in [-0.2, 0) is 38.0 Å². The number of nitrogens with one attached hydrogen (secondary N) is 1. The summed E-state index contributed by atoms with van der Waals surface area (Å²) in [7, 11) is 0. The van der Waals surface area contributed by atoms with Crippen LogP contribution in [-0.4, -0.2) is 221 Å². The number of aliphatic hydroxyl groups is 13. The Morgan fingerprint density at radius 3 is 1.40 bits per heavy atom. The molecule has 4 aliphatic rings. The average Bonchev–Trinajstić information content (AvgIpc) is 3.06. The van der Waals surface area contributed by atoms with Crippen LogP contribution in [0, 0.1) is 0 Å². The normalized spacial score (nSPS) is 50.2. The first-order chi connectivity index (χ1) is 22.7. The van der Waals surface area contributed by atoms with Crippen molar-refractivity contribution in [2.24, 2.45) is 0 Å². The van der Waals surface area contributed by atoms with Crippen molar-refractivity contribution in [2.45, 2.75) is 130 Å². The number of aliphatic hydroxyl groups excluding tert-OH is 13. The van der Waals surface area contributed by atoms with E-state index in [1.54, 1.807) is 0 Å². The summed E-state index contributed by atoms with van der Waals surface area (Å²) in [5.41, 5.74) is 0. The minimum Gasteiger partial charge on any atom is -0.394 e. The SMILES string of the molecule is CC(=O)N[C@H]1[C@H](O[C@@H]2[C@H](O)[C@@H](O)[C@H](O[C@H]3[C@H](O)[C@@H](O)[C@@H](O)O[C@@H]3CO)O[C@@H]2CO)O[C@H](CO)[C@@H](O[C@@H]2O[C@H](CO)[C@H](O)[C@H](O)[C@H]2O)[C@@H]1O. The zero-order valence-electron chi connectivity index (χ0n) is 25.5. The molecule has 0 aromatic heterocycles. The minimum absolute atomic E-state index is 0.739. The lowest BCUT2D eigenvalue weighted by Gasteiger charge is -2.49. The molecule has 0 saturated carbocycles. The van der Waals surface area contributed by atoms with Crippen molar-refractivity contribution in [3.8, 4) is 0 Å². The fourth-order valence-corrected chi connectivity index (χ4v) is 5.95. The highest BCUT2D eigenvalue weighted by Crippen LogP contribution is 2.34. The molecule has 4 aliphatic heterocycles. The lowest BCUT2D eigenvalue weighted by molar-refractivity contribution is -0.379. The second-order valence-corrected chi connectivity index (χ2v) is 11.9. The summed E-state index contributed by atoms with van der Waals surface area (Å²) in [6.07, 6.45) is -33.2. The van der Waals surface area contributed by atoms with Gasteiger partial charge in [0, 0.05) is 6.92 Å². The van der Waals surface area contributed by atoms with Crippen LogP contribution in [0.5, 0.6) is 0 Å². The Morgan fingerprint density at radius 2 is 0.896 bits per heavy atom. The maximum absolute atomic E-state index is 12.1. The summed E-state index contributed by atoms with van der Waals surface area (Å²) in [6, 6.07) is -1.58. The van der Waals surface area contributed by atoms with Gasteiger partial charge in [-0.25, -0.2) is 0 Å². The number of ether oxygens (including phenoxy) is 7. The third-order valence-electron chi connectivity index (χ3n) is 8.61. The van der Waals surface area contributed by atoms with E-state index in [1.807, 2.05) is 0 Å². The summed E-state index contributed by atoms with van der Waals surface area (Å²) < 4.78 is 38.5. The molecular weight excluding hydrogens is 662 g/mol. The van der Waals surface area contributed by atoms with Crippen LogP contribution >= 0.6 is 0 Å². The Kier molecular flexibility index (Phi) is 13.8. The standard InChI is InChI=1S/C26H45NO21/c1-6(32)27-11-13(34)20(47-25-18(39)14(35)12(33)7(2-28)43-25)9(4-30)44-24(11)46-22-10(5-31)45-26(19(40)16(22)37)48-21-8(3-29)42-23(41)17(38)15(21)36/h7-26,28-31,33-41H,2-5H2,1H3,(H,27,32)/t7-,8-,9-,10-,11-,12+,13-,14+,15-,16-,17-,18-,19-,20-,21-,22+,23+,24+,25+,26+/m1/s1. The number of carbonyl (C=O) groups is 1. The summed E-state index contributed by atoms with van der Waals surface area (Å²) in [6.45, 7) is -2.34. The van der Waals surface area contributed by atoms with Crippen molar-refractivity contribution in [3.05, 3.63) is 0 Å². The Bertz CT molecular complexity index is 1020. The number of amides is 1. The molecule has 0 aromatic rings. The number of hydrogen-bond acceptors (Lipinski definition) is 21. The molecule has 280 valence electrons. The second kappa shape index (κ2) is 16.8. The van der Waals surface area contributed by atoms with Gasteiger partial charge in [0.05, 0.1) is 26.4 Å². The van der Waals surface area contributed by atoms with Crippen molar-refractivity contribution >= 4 is 5.91 Å². The van der Waals surface area contributed by atoms with Gasteiger partial charge in [0.2, 0.25) is 5.91 Å². The highest BCUT2D eigenvalue weighted by molar-refractivity contribution is 5.73. The van der Waals surface area contributed by atoms with Crippen molar-refractivity contribution in [1.82, 2.24) is 5.32 Å². The topological polar surface area (TPSA) is 357 Å². The Morgan fingerprint density at radius 1 is 0.500 bits per heavy atom. The van der Waals surface area contributed by atoms with Crippen molar-refractivity contribution < 1.29 is 104 Å². The Balaban J connectivity index is 1.51. The molecule has 22 heteroatoms. The average molecular weight is 708 g/mol. The molecule has 20 atom stereocenters. The van der Waals surface area contributed by atoms with Crippen LogP contribution in [0.4, 0.5) is 0 Å². The third kappa shape index (κ3) is 8.08. The molecule has 0 bridgehead atoms. The molecule has 0 spiro atoms. The minimum atomic E-state index is -2.02. The van der Waals surface area contributed by atoms with Gasteiger partial charge in [-0.1, -0.05) is 0 Å². The van der Waals surface area contributed by atoms with Gasteiger partial charge in [-0.15, -0.1) is 0 Å². The zero-order chi connectivity index (χ0) is 35.6. The van der Waals surface area contributed by atoms with Crippen LogP contribution in [0.25, 0.3) is 0 Å². The van der Waals surface area contributed by atoms with Crippen LogP contribution in [0.2, 0.25) is 0 Å². The van der Waals surface area contributed by atoms with Gasteiger partial charge < -0.3 is 105 Å². The Labute approximate surface area is 272 Å². The van der Waals surface area contributed by atoms with Crippen LogP contribution in [0.15, 0.2) is 0 Å². The van der Waals surface area contributed by atoms with E-state index in [0.717, 1.165) is 6.92 Å². The van der Waals surface area contributed by atoms with E-state index >= 15 is 0 Å². The quantitative estimate of drug-likeness (QED) is 0.0947. The van der Waals surface area contributed by atoms with Crippen molar-refractivity contribution in [1.29, 1.82) is 0 Å². The molecule has 0 radical (unpaired) electrons. The van der Waals surface area contributed by atoms with E-state index in [-0.39, 0.29) is 0 Å². The predicted molar refractivity (Wildman–Crippen MR) is 145 cm³/mol. The van der Waals surface area contributed by atoms with Gasteiger partial charge in [-0.05, 0) is 0 Å². The van der Waals surface area contributed by atoms with Crippen molar-refractivity contribution in [3.63, 3.8) is 0 Å². The first-order valence-corrected chi connectivity index (χ1v) is 15.1. The maximum Gasteiger partial charge on any atom is 0.217 e. The summed E-state index contributed by atoms with van der Waals surface area (Å²) in [5, 5.41) is 135. The van der Waals surface area contributed by atoms with Gasteiger partial charge in [0.1, 0.15) is 97.6 Å². The third-order valence-corrected chi connectivity index (χ3v) is 8.61. The molecule has 1 amide bonds. The highest BCUT2D eigenvalue weighted by atomic mass is 16.8. The number of rotatable bonds is 11. The predicted octanol–water partition coefficient (Wildman–Crippen LogP) is -9.61. The van der Waals surface area contributed by atoms with Gasteiger partial charge in [0.15, 0.2) is 25.2 Å². The highest BCUT2D eigenvalue weighted by Gasteiger charge is 2.55. The van der Waals surface area contributed by atoms with E-state index < -0.39 is 155 Å². The van der Waals surface area contributed by atoms with Crippen LogP contribution < -0.4 is 5.32 Å². The van der Waals surface area contributed by atoms with E-state index in [0.29, 0.717) is 0 Å². The lowest BCUT2D eigenvalue weighted by Crippen LogP contribution is -2.69. The smallest absolute Gasteiger partial charge is 0.217 e. The molecule has 48 heavy (non-hydrogen) atoms. The van der Waals surface area contributed by atoms with Crippen LogP contribution in [0.3, 0.4) is 0 Å². The van der Waals surface area contributed by atoms with Gasteiger partial charge in [0.25, 0.3) is 0 Å². The largest absolute Gasteiger partial charge is 0.394 e. The Hall–Kier alpha value is -1.33. The summed E-state index contributed by atoms with van der Waals surface area (Å²) in [5.74, 6) is -0.739. The maximum atomic E-state index is 12.1. The van der Waals surface area contributed by atoms with E-state index in [2.05, 4.69) is 5.32 Å². The molecule has 0 unspecified atom stereocenters. The number of carbonyl (C=O) groups excluding carboxylic acids is 1. The number of hydrogen-bond donors (Lipinski definition) is 14. The zero-order valence-corrected chi connectivity index (χ0v) is 25.5. The molecule has 0 aromatic carbocycles. The molecular formula is C26H45NO21. The monoisotopic (exact) mass is 707 g/mol. The van der Waals surface area contributed by atoms with Crippen molar-refractivity contribution in [2.75, 3.05) is 26.4 Å². The molecule has 22 nitrogen and oxygen atoms in total. The lowest BCUT2D eigenvalue weighted by atomic mass is 9.94. The summed E-state index contributed by atoms with van der Waals surface area (Å²) >= 11 is 0. The first-order valence-electron chi connectivity index (χ1n) is 15.1. The molecule has 4 saturated heterocycles. The van der Waals surface area contributed by atoms with E-state index in [4.69, 9.17) is 33.2 Å². The van der Waals surface area contributed by atoms with Gasteiger partial charge >= 0.3 is 0 Å². The van der Waals surface area contributed by atoms with Gasteiger partial charge in [-0.2, -0.15) is 0 Å². The molecule has 4 rings (SSSR count). The van der Waals surface area contributed by atoms with E-state index in [1.165, 1.54) is 0 Å². The first kappa shape index (κ1) is 39.5. The fraction of sp³-hybridized carbons (Fsp3) is 0.962. The fourth-order valence-electron chi connectivity index (χ4n) is 5.95. The molecule has 4 fully saturated rings. The van der Waals surface area contributed by atoms with Crippen LogP contribution in [0.1, 0.15) is 6.92 Å². The van der Waals surface area contributed by atoms with Gasteiger partial charge in [-0.3, -0.25) is 4.79 Å². The summed E-state index contributed by atoms with van der Waals surface area (Å²) in [4.78, 5) is 12.1. The molecule has 4 heterocycles. The molecule has 0 aliphatic carbocycles.